The second-order valence-electron chi connectivity index (χ2n) is 23.2. The van der Waals surface area contributed by atoms with Crippen LogP contribution in [-0.4, -0.2) is 198 Å². The lowest BCUT2D eigenvalue weighted by molar-refractivity contribution is -0.150. The summed E-state index contributed by atoms with van der Waals surface area (Å²) >= 11 is 0. The summed E-state index contributed by atoms with van der Waals surface area (Å²) in [4.78, 5) is 112. The number of nitrogens with zero attached hydrogens (tertiary/aromatic N) is 3. The van der Waals surface area contributed by atoms with Gasteiger partial charge in [0.1, 0.15) is 51.5 Å². The van der Waals surface area contributed by atoms with Gasteiger partial charge in [-0.1, -0.05) is 18.2 Å². The quantitative estimate of drug-likeness (QED) is 0.0745. The van der Waals surface area contributed by atoms with E-state index in [4.69, 9.17) is 39.3 Å². The fraction of sp³-hybridized carbons (Fsp3) is 0.722. The SMILES string of the molecule is C=C[C@@H]1C[C@]1(N)C(=O)OCC.C=C[C@@H]1C[C@]1(NC(=O)[C@@H]1C[C@@H](O)CN1C(=O)OC(C)(C)C)C(=O)OCC.C=C[C@@H]1C[C@]1(NC(=O)[C@@H]1C[C@H](O)CN1C(=O)OC(C)(C)C)C(=O)OCC.CC(C)(C)OC(=O)N1CC(O)C[C@H]1C(=O)O.Cl. The van der Waals surface area contributed by atoms with Crippen LogP contribution in [0.2, 0.25) is 0 Å². The van der Waals surface area contributed by atoms with Gasteiger partial charge in [0.2, 0.25) is 11.8 Å². The number of halogens is 1. The van der Waals surface area contributed by atoms with Crippen molar-refractivity contribution in [2.24, 2.45) is 23.5 Å². The summed E-state index contributed by atoms with van der Waals surface area (Å²) in [5, 5.41) is 43.5. The highest BCUT2D eigenvalue weighted by atomic mass is 35.5. The summed E-state index contributed by atoms with van der Waals surface area (Å²) in [6, 6.07) is -2.81. The van der Waals surface area contributed by atoms with Crippen LogP contribution in [0, 0.1) is 17.8 Å². The highest BCUT2D eigenvalue weighted by molar-refractivity contribution is 5.96. The lowest BCUT2D eigenvalue weighted by Gasteiger charge is -2.29. The number of ether oxygens (including phenoxy) is 6. The Labute approximate surface area is 474 Å². The molecule has 0 aromatic rings. The molecule has 12 atom stereocenters. The van der Waals surface area contributed by atoms with Crippen molar-refractivity contribution in [2.45, 2.75) is 191 Å². The zero-order chi connectivity index (χ0) is 60.4. The molecule has 80 heavy (non-hydrogen) atoms. The molecule has 3 aliphatic carbocycles. The second-order valence-corrected chi connectivity index (χ2v) is 23.2. The number of carboxylic acid groups (broad SMARTS) is 1. The molecular weight excluding hydrogens is 1070 g/mol. The molecule has 3 saturated carbocycles. The number of β-amino-alcohol motifs (C(OH)–C–C–N with tert-alkyl or cyclic N) is 3. The molecule has 26 heteroatoms. The van der Waals surface area contributed by atoms with Crippen molar-refractivity contribution in [1.29, 1.82) is 0 Å². The van der Waals surface area contributed by atoms with E-state index >= 15 is 0 Å². The molecule has 8 N–H and O–H groups in total. The van der Waals surface area contributed by atoms with Crippen LogP contribution in [-0.2, 0) is 57.2 Å². The monoisotopic (exact) mass is 1160 g/mol. The third-order valence-corrected chi connectivity index (χ3v) is 13.2. The molecule has 25 nitrogen and oxygen atoms in total. The van der Waals surface area contributed by atoms with Crippen LogP contribution in [0.4, 0.5) is 14.4 Å². The molecule has 0 radical (unpaired) electrons. The van der Waals surface area contributed by atoms with Crippen molar-refractivity contribution >= 4 is 66.4 Å². The van der Waals surface area contributed by atoms with Gasteiger partial charge in [-0.15, -0.1) is 32.1 Å². The van der Waals surface area contributed by atoms with Crippen molar-refractivity contribution in [2.75, 3.05) is 39.5 Å². The van der Waals surface area contributed by atoms with Gasteiger partial charge in [-0.2, -0.15) is 0 Å². The summed E-state index contributed by atoms with van der Waals surface area (Å²) in [5.41, 5.74) is 0.546. The number of hydrogen-bond donors (Lipinski definition) is 7. The van der Waals surface area contributed by atoms with Gasteiger partial charge in [0.05, 0.1) is 57.8 Å². The van der Waals surface area contributed by atoms with Crippen molar-refractivity contribution < 1.29 is 92.0 Å². The van der Waals surface area contributed by atoms with E-state index in [0.29, 0.717) is 25.9 Å². The summed E-state index contributed by atoms with van der Waals surface area (Å²) in [7, 11) is 0. The van der Waals surface area contributed by atoms with E-state index in [1.54, 1.807) is 101 Å². The summed E-state index contributed by atoms with van der Waals surface area (Å²) in [5.74, 6) is -3.79. The number of nitrogens with two attached hydrogens (primary N) is 1. The average molecular weight is 1160 g/mol. The molecule has 454 valence electrons. The first kappa shape index (κ1) is 70.1. The van der Waals surface area contributed by atoms with Crippen LogP contribution in [0.1, 0.15) is 122 Å². The van der Waals surface area contributed by atoms with E-state index in [0.717, 1.165) is 4.90 Å². The van der Waals surface area contributed by atoms with Gasteiger partial charge in [-0.05, 0) is 102 Å². The fourth-order valence-electron chi connectivity index (χ4n) is 8.97. The molecule has 6 fully saturated rings. The molecule has 5 amide bonds. The summed E-state index contributed by atoms with van der Waals surface area (Å²) < 4.78 is 30.6. The van der Waals surface area contributed by atoms with Crippen molar-refractivity contribution in [3.05, 3.63) is 38.0 Å². The van der Waals surface area contributed by atoms with Gasteiger partial charge in [-0.3, -0.25) is 29.1 Å². The molecule has 6 aliphatic rings. The van der Waals surface area contributed by atoms with Crippen LogP contribution in [0.5, 0.6) is 0 Å². The van der Waals surface area contributed by atoms with Crippen LogP contribution in [0.25, 0.3) is 0 Å². The number of amides is 5. The van der Waals surface area contributed by atoms with E-state index in [1.165, 1.54) is 9.80 Å². The van der Waals surface area contributed by atoms with Crippen LogP contribution in [0.15, 0.2) is 38.0 Å². The van der Waals surface area contributed by atoms with E-state index in [2.05, 4.69) is 30.4 Å². The Morgan fingerprint density at radius 1 is 0.525 bits per heavy atom. The third kappa shape index (κ3) is 18.8. The molecule has 1 unspecified atom stereocenters. The number of carbonyl (C=O) groups is 9. The summed E-state index contributed by atoms with van der Waals surface area (Å²) in [6.07, 6.45) is 2.13. The number of aliphatic hydroxyl groups excluding tert-OH is 3. The Bertz CT molecular complexity index is 2180. The summed E-state index contributed by atoms with van der Waals surface area (Å²) in [6.45, 7) is 32.3. The van der Waals surface area contributed by atoms with Gasteiger partial charge >= 0.3 is 42.2 Å². The number of carboxylic acids is 1. The smallest absolute Gasteiger partial charge is 0.411 e. The van der Waals surface area contributed by atoms with Gasteiger partial charge < -0.3 is 65.2 Å². The predicted octanol–water partition coefficient (Wildman–Crippen LogP) is 3.28. The van der Waals surface area contributed by atoms with Crippen molar-refractivity contribution in [1.82, 2.24) is 25.3 Å². The van der Waals surface area contributed by atoms with Crippen LogP contribution in [0.3, 0.4) is 0 Å². The molecule has 0 aromatic heterocycles. The van der Waals surface area contributed by atoms with E-state index in [9.17, 15) is 58.5 Å². The Morgan fingerprint density at radius 2 is 0.812 bits per heavy atom. The number of carbonyl (C=O) groups excluding carboxylic acids is 8. The van der Waals surface area contributed by atoms with Gasteiger partial charge in [-0.25, -0.2) is 28.8 Å². The van der Waals surface area contributed by atoms with E-state index in [-0.39, 0.29) is 88.2 Å². The Morgan fingerprint density at radius 3 is 1.06 bits per heavy atom. The lowest BCUT2D eigenvalue weighted by atomic mass is 10.1. The minimum Gasteiger partial charge on any atom is -0.480 e. The number of esters is 3. The highest BCUT2D eigenvalue weighted by Crippen LogP contribution is 2.47. The van der Waals surface area contributed by atoms with E-state index in [1.807, 2.05) is 0 Å². The minimum absolute atomic E-state index is 0. The Hall–Kier alpha value is -6.02. The van der Waals surface area contributed by atoms with Gasteiger partial charge in [0.15, 0.2) is 0 Å². The number of aliphatic hydroxyl groups is 3. The zero-order valence-electron chi connectivity index (χ0n) is 48.3. The predicted molar refractivity (Wildman–Crippen MR) is 290 cm³/mol. The number of hydrogen-bond acceptors (Lipinski definition) is 19. The first-order valence-corrected chi connectivity index (χ1v) is 26.5. The highest BCUT2D eigenvalue weighted by Gasteiger charge is 2.63. The van der Waals surface area contributed by atoms with Gasteiger partial charge in [0, 0.05) is 37.0 Å². The molecule has 0 aromatic carbocycles. The number of rotatable bonds is 14. The maximum absolute atomic E-state index is 12.8. The molecule has 3 aliphatic heterocycles. The van der Waals surface area contributed by atoms with Crippen molar-refractivity contribution in [3.8, 4) is 0 Å². The van der Waals surface area contributed by atoms with Crippen molar-refractivity contribution in [3.63, 3.8) is 0 Å². The normalized spacial score (nSPS) is 29.7. The third-order valence-electron chi connectivity index (χ3n) is 13.2. The first-order valence-electron chi connectivity index (χ1n) is 26.5. The van der Waals surface area contributed by atoms with Crippen LogP contribution >= 0.6 is 12.4 Å². The van der Waals surface area contributed by atoms with Crippen LogP contribution < -0.4 is 16.4 Å². The number of aliphatic carboxylic acids is 1. The molecule has 3 heterocycles. The Kier molecular flexibility index (Phi) is 24.6. The van der Waals surface area contributed by atoms with E-state index < -0.39 is 118 Å². The maximum Gasteiger partial charge on any atom is 0.411 e. The molecular formula is C54H87ClN6O19. The molecule has 6 rings (SSSR count). The fourth-order valence-corrected chi connectivity index (χ4v) is 8.97. The topological polar surface area (TPSA) is 350 Å². The Balaban J connectivity index is 0.000000381. The minimum atomic E-state index is -1.14. The number of likely N-dealkylation sites (tertiary alicyclic amines) is 3. The second kappa shape index (κ2) is 28.1. The molecule has 0 spiro atoms. The number of nitrogens with one attached hydrogen (secondary N) is 2. The largest absolute Gasteiger partial charge is 0.480 e. The first-order chi connectivity index (χ1) is 36.4. The molecule has 0 bridgehead atoms. The standard InChI is InChI=1S/2C18H28N2O6.C10H17NO5.C8H13NO2.ClH/c2*1-6-11-9-18(11,15(23)25-7-2)19-14(22)13-8-12(21)10-20(13)16(24)26-17(3,4)5;1-10(2,3)16-9(15)11-5-6(12)4-7(11)8(13)14;1-3-6-5-8(6,9)7(10)11-4-2;/h2*6,11-13,21H,1,7-10H2,2-5H3,(H,19,22);6-7,12H,4-5H2,1-3H3,(H,13,14);3,6H,1,4-5,9H2,2H3;1H/t11-,12+,13+,18-;11-,12-,13+,18-;6?,7-;6-,8-;/m1101./s1. The maximum atomic E-state index is 12.8. The zero-order valence-corrected chi connectivity index (χ0v) is 49.1. The molecule has 3 saturated heterocycles. The van der Waals surface area contributed by atoms with Gasteiger partial charge in [0.25, 0.3) is 0 Å². The average Bonchev–Trinajstić information content (AvgIpc) is 4.23. The lowest BCUT2D eigenvalue weighted by Crippen LogP contribution is -2.53.